The molecule has 1 aromatic carbocycles. The maximum atomic E-state index is 12.8. The molecule has 0 aliphatic carbocycles. The number of carbonyl (C=O) groups excluding carboxylic acids is 3. The van der Waals surface area contributed by atoms with Gasteiger partial charge in [0.05, 0.1) is 12.3 Å². The number of aromatic amines is 1. The smallest absolute Gasteiger partial charge is 0.375 e. The molecule has 0 radical (unpaired) electrons. The van der Waals surface area contributed by atoms with E-state index in [4.69, 9.17) is 13.9 Å². The van der Waals surface area contributed by atoms with E-state index in [1.807, 2.05) is 12.1 Å². The van der Waals surface area contributed by atoms with Crippen LogP contribution in [0.15, 0.2) is 28.7 Å². The Balaban J connectivity index is 1.87. The van der Waals surface area contributed by atoms with Crippen molar-refractivity contribution in [2.45, 2.75) is 40.4 Å². The molecule has 7 nitrogen and oxygen atoms in total. The molecule has 0 saturated carbocycles. The molecule has 29 heavy (non-hydrogen) atoms. The number of H-pyrrole nitrogens is 1. The number of aryl methyl sites for hydroxylation is 1. The number of fused-ring (bicyclic) bond motifs is 1. The summed E-state index contributed by atoms with van der Waals surface area (Å²) in [6.45, 7) is 6.52. The molecule has 0 aliphatic rings. The Morgan fingerprint density at radius 1 is 1.17 bits per heavy atom. The summed E-state index contributed by atoms with van der Waals surface area (Å²) in [5.41, 5.74) is 3.00. The van der Waals surface area contributed by atoms with E-state index in [9.17, 15) is 14.4 Å². The van der Waals surface area contributed by atoms with E-state index < -0.39 is 17.9 Å². The fourth-order valence-corrected chi connectivity index (χ4v) is 3.55. The summed E-state index contributed by atoms with van der Waals surface area (Å²) in [7, 11) is 1.52. The van der Waals surface area contributed by atoms with Crippen LogP contribution in [0.3, 0.4) is 0 Å². The average molecular weight is 397 g/mol. The van der Waals surface area contributed by atoms with Gasteiger partial charge in [-0.2, -0.15) is 0 Å². The molecule has 1 atom stereocenters. The number of aromatic nitrogens is 1. The molecule has 0 bridgehead atoms. The van der Waals surface area contributed by atoms with Crippen molar-refractivity contribution < 1.29 is 28.3 Å². The summed E-state index contributed by atoms with van der Waals surface area (Å²) in [6.07, 6.45) is -1.07. The molecule has 0 spiro atoms. The van der Waals surface area contributed by atoms with Crippen LogP contribution in [0.1, 0.15) is 62.1 Å². The van der Waals surface area contributed by atoms with E-state index in [1.54, 1.807) is 26.0 Å². The van der Waals surface area contributed by atoms with Crippen LogP contribution in [0.2, 0.25) is 0 Å². The quantitative estimate of drug-likeness (QED) is 0.475. The maximum absolute atomic E-state index is 12.8. The van der Waals surface area contributed by atoms with Crippen molar-refractivity contribution >= 4 is 28.5 Å². The van der Waals surface area contributed by atoms with E-state index in [1.165, 1.54) is 21.0 Å². The number of para-hydroxylation sites is 1. The molecule has 1 N–H and O–H groups in total. The van der Waals surface area contributed by atoms with Gasteiger partial charge in [0.2, 0.25) is 11.5 Å². The number of carbonyl (C=O) groups is 3. The maximum Gasteiger partial charge on any atom is 0.375 e. The minimum absolute atomic E-state index is 0.0107. The molecule has 7 heteroatoms. The first-order chi connectivity index (χ1) is 13.8. The Morgan fingerprint density at radius 3 is 2.48 bits per heavy atom. The van der Waals surface area contributed by atoms with Gasteiger partial charge in [0.1, 0.15) is 5.58 Å². The van der Waals surface area contributed by atoms with Crippen LogP contribution in [0.25, 0.3) is 11.0 Å². The summed E-state index contributed by atoms with van der Waals surface area (Å²) in [4.78, 5) is 40.3. The van der Waals surface area contributed by atoms with Gasteiger partial charge < -0.3 is 18.9 Å². The number of ketones is 2. The number of hydrogen-bond acceptors (Lipinski definition) is 6. The van der Waals surface area contributed by atoms with Crippen LogP contribution >= 0.6 is 0 Å². The van der Waals surface area contributed by atoms with Crippen LogP contribution in [0.5, 0.6) is 0 Å². The Labute approximate surface area is 168 Å². The van der Waals surface area contributed by atoms with Crippen LogP contribution in [0, 0.1) is 13.8 Å². The summed E-state index contributed by atoms with van der Waals surface area (Å²) < 4.78 is 16.2. The molecule has 3 rings (SSSR count). The molecule has 3 aromatic rings. The van der Waals surface area contributed by atoms with Gasteiger partial charge in [0, 0.05) is 29.3 Å². The van der Waals surface area contributed by atoms with E-state index in [0.717, 1.165) is 5.39 Å². The topological polar surface area (TPSA) is 98.6 Å². The number of methoxy groups -OCH3 is 1. The van der Waals surface area contributed by atoms with Crippen molar-refractivity contribution in [1.29, 1.82) is 0 Å². The van der Waals surface area contributed by atoms with E-state index in [2.05, 4.69) is 4.98 Å². The normalized spacial score (nSPS) is 12.2. The number of benzene rings is 1. The average Bonchev–Trinajstić information content (AvgIpc) is 3.18. The second-order valence-corrected chi connectivity index (χ2v) is 6.93. The first kappa shape index (κ1) is 20.5. The largest absolute Gasteiger partial charge is 0.449 e. The van der Waals surface area contributed by atoms with Crippen molar-refractivity contribution in [3.8, 4) is 0 Å². The predicted octanol–water partition coefficient (Wildman–Crippen LogP) is 4.15. The molecule has 2 heterocycles. The van der Waals surface area contributed by atoms with Gasteiger partial charge in [0.15, 0.2) is 11.9 Å². The van der Waals surface area contributed by atoms with Crippen molar-refractivity contribution in [2.24, 2.45) is 0 Å². The number of rotatable bonds is 7. The van der Waals surface area contributed by atoms with Gasteiger partial charge in [-0.15, -0.1) is 0 Å². The summed E-state index contributed by atoms with van der Waals surface area (Å²) in [5.74, 6) is -1.29. The monoisotopic (exact) mass is 397 g/mol. The fraction of sp³-hybridized carbons (Fsp3) is 0.318. The molecule has 0 fully saturated rings. The van der Waals surface area contributed by atoms with Crippen molar-refractivity contribution in [3.05, 3.63) is 58.1 Å². The molecule has 2 aromatic heterocycles. The molecular formula is C22H23NO6. The number of ether oxygens (including phenoxy) is 2. The Bertz CT molecular complexity index is 1100. The minimum Gasteiger partial charge on any atom is -0.449 e. The molecular weight excluding hydrogens is 374 g/mol. The number of hydrogen-bond donors (Lipinski definition) is 1. The highest BCUT2D eigenvalue weighted by atomic mass is 16.6. The molecule has 0 aliphatic heterocycles. The Hall–Kier alpha value is -3.19. The van der Waals surface area contributed by atoms with Crippen molar-refractivity contribution in [1.82, 2.24) is 4.98 Å². The van der Waals surface area contributed by atoms with Crippen LogP contribution in [-0.2, 0) is 16.1 Å². The molecule has 152 valence electrons. The van der Waals surface area contributed by atoms with Gasteiger partial charge in [-0.3, -0.25) is 9.59 Å². The number of furan rings is 1. The lowest BCUT2D eigenvalue weighted by atomic mass is 10.0. The van der Waals surface area contributed by atoms with Crippen molar-refractivity contribution in [3.63, 3.8) is 0 Å². The third-order valence-corrected chi connectivity index (χ3v) is 4.86. The van der Waals surface area contributed by atoms with Crippen molar-refractivity contribution in [2.75, 3.05) is 7.11 Å². The van der Waals surface area contributed by atoms with Gasteiger partial charge in [0.25, 0.3) is 0 Å². The zero-order chi connectivity index (χ0) is 21.3. The van der Waals surface area contributed by atoms with Crippen LogP contribution in [0.4, 0.5) is 0 Å². The third kappa shape index (κ3) is 3.73. The standard InChI is InChI=1S/C22H23NO6/c1-11-18(13(3)24)12(2)23-19(11)20(25)14(4)28-22(26)21-16(10-27-5)15-8-6-7-9-17(15)29-21/h6-9,14,23H,10H2,1-5H3/t14-/m0/s1. The van der Waals surface area contributed by atoms with Gasteiger partial charge >= 0.3 is 5.97 Å². The summed E-state index contributed by atoms with van der Waals surface area (Å²) >= 11 is 0. The van der Waals surface area contributed by atoms with Gasteiger partial charge in [-0.05, 0) is 39.3 Å². The second kappa shape index (κ2) is 8.05. The SMILES string of the molecule is COCc1c(C(=O)O[C@@H](C)C(=O)c2[nH]c(C)c(C(C)=O)c2C)oc2ccccc12. The summed E-state index contributed by atoms with van der Waals surface area (Å²) in [6, 6.07) is 7.20. The van der Waals surface area contributed by atoms with Gasteiger partial charge in [-0.1, -0.05) is 18.2 Å². The Kier molecular flexibility index (Phi) is 5.70. The minimum atomic E-state index is -1.07. The van der Waals surface area contributed by atoms with Crippen LogP contribution < -0.4 is 0 Å². The molecule has 0 saturated heterocycles. The third-order valence-electron chi connectivity index (χ3n) is 4.86. The zero-order valence-electron chi connectivity index (χ0n) is 17.0. The highest BCUT2D eigenvalue weighted by molar-refractivity contribution is 6.06. The lowest BCUT2D eigenvalue weighted by molar-refractivity contribution is 0.0285. The van der Waals surface area contributed by atoms with E-state index in [0.29, 0.717) is 28.0 Å². The molecule has 0 amide bonds. The molecule has 0 unspecified atom stereocenters. The fourth-order valence-electron chi connectivity index (χ4n) is 3.55. The Morgan fingerprint density at radius 2 is 1.86 bits per heavy atom. The number of Topliss-reactive ketones (excluding diaryl/α,β-unsaturated/α-hetero) is 2. The second-order valence-electron chi connectivity index (χ2n) is 6.93. The first-order valence-electron chi connectivity index (χ1n) is 9.20. The van der Waals surface area contributed by atoms with E-state index in [-0.39, 0.29) is 23.8 Å². The lowest BCUT2D eigenvalue weighted by Gasteiger charge is -2.12. The lowest BCUT2D eigenvalue weighted by Crippen LogP contribution is -2.25. The summed E-state index contributed by atoms with van der Waals surface area (Å²) in [5, 5.41) is 0.752. The van der Waals surface area contributed by atoms with Crippen LogP contribution in [-0.4, -0.2) is 35.7 Å². The first-order valence-corrected chi connectivity index (χ1v) is 9.20. The highest BCUT2D eigenvalue weighted by Gasteiger charge is 2.29. The highest BCUT2D eigenvalue weighted by Crippen LogP contribution is 2.28. The van der Waals surface area contributed by atoms with Gasteiger partial charge in [-0.25, -0.2) is 4.79 Å². The predicted molar refractivity (Wildman–Crippen MR) is 106 cm³/mol. The zero-order valence-corrected chi connectivity index (χ0v) is 17.0. The van der Waals surface area contributed by atoms with E-state index >= 15 is 0 Å². The number of esters is 1. The number of nitrogens with one attached hydrogen (secondary N) is 1.